The van der Waals surface area contributed by atoms with Gasteiger partial charge in [-0.05, 0) is 44.1 Å². The number of amides is 1. The average molecular weight is 509 g/mol. The monoisotopic (exact) mass is 509 g/mol. The summed E-state index contributed by atoms with van der Waals surface area (Å²) in [5.41, 5.74) is 0.890. The van der Waals surface area contributed by atoms with Crippen LogP contribution in [0, 0.1) is 5.92 Å². The minimum atomic E-state index is -4.76. The predicted molar refractivity (Wildman–Crippen MR) is 116 cm³/mol. The third kappa shape index (κ3) is 4.33. The number of ether oxygens (including phenoxy) is 2. The molecule has 4 fully saturated rings. The Morgan fingerprint density at radius 3 is 2.78 bits per heavy atom. The summed E-state index contributed by atoms with van der Waals surface area (Å²) in [5, 5.41) is 16.9. The van der Waals surface area contributed by atoms with Gasteiger partial charge in [0.25, 0.3) is 0 Å². The van der Waals surface area contributed by atoms with Gasteiger partial charge in [0.15, 0.2) is 11.6 Å². The van der Waals surface area contributed by atoms with Crippen LogP contribution >= 0.6 is 0 Å². The molecule has 1 amide bonds. The van der Waals surface area contributed by atoms with E-state index in [-0.39, 0.29) is 11.2 Å². The summed E-state index contributed by atoms with van der Waals surface area (Å²) in [6.45, 7) is -0.737. The number of nitrogens with one attached hydrogen (secondary N) is 3. The van der Waals surface area contributed by atoms with Gasteiger partial charge in [0.05, 0.1) is 5.69 Å². The topological polar surface area (TPSA) is 118 Å². The molecule has 3 aromatic heterocycles. The van der Waals surface area contributed by atoms with Gasteiger partial charge < -0.3 is 15.4 Å². The van der Waals surface area contributed by atoms with Crippen LogP contribution in [0.5, 0.6) is 0 Å². The van der Waals surface area contributed by atoms with E-state index in [0.717, 1.165) is 19.3 Å². The molecule has 0 unspecified atom stereocenters. The molecule has 0 spiro atoms. The number of aromatic amines is 1. The van der Waals surface area contributed by atoms with Crippen LogP contribution in [0.2, 0.25) is 0 Å². The molecule has 36 heavy (non-hydrogen) atoms. The molecule has 3 heterocycles. The van der Waals surface area contributed by atoms with E-state index < -0.39 is 37.3 Å². The van der Waals surface area contributed by atoms with Crippen LogP contribution in [0.15, 0.2) is 24.5 Å². The number of alkyl carbamates (subject to hydrolysis) is 1. The Kier molecular flexibility index (Phi) is 5.32. The maximum atomic E-state index is 15.2. The molecule has 0 aliphatic heterocycles. The quantitative estimate of drug-likeness (QED) is 0.411. The molecule has 0 aromatic carbocycles. The van der Waals surface area contributed by atoms with Crippen molar-refractivity contribution in [2.75, 3.05) is 5.32 Å². The van der Waals surface area contributed by atoms with Gasteiger partial charge in [0.2, 0.25) is 0 Å². The molecule has 10 nitrogen and oxygen atoms in total. The first kappa shape index (κ1) is 23.0. The van der Waals surface area contributed by atoms with E-state index >= 15 is 4.39 Å². The summed E-state index contributed by atoms with van der Waals surface area (Å²) < 4.78 is 62.8. The van der Waals surface area contributed by atoms with Crippen molar-refractivity contribution in [3.05, 3.63) is 35.9 Å². The highest BCUT2D eigenvalue weighted by molar-refractivity contribution is 5.72. The maximum absolute atomic E-state index is 15.2. The first-order chi connectivity index (χ1) is 17.2. The molecule has 7 rings (SSSR count). The Bertz CT molecular complexity index is 1280. The summed E-state index contributed by atoms with van der Waals surface area (Å²) in [7, 11) is 0. The molecule has 4 aliphatic rings. The van der Waals surface area contributed by atoms with Crippen LogP contribution in [-0.4, -0.2) is 55.1 Å². The molecule has 4 saturated carbocycles. The number of hydrogen-bond acceptors (Lipinski definition) is 7. The number of aromatic nitrogens is 5. The van der Waals surface area contributed by atoms with Crippen molar-refractivity contribution in [3.63, 3.8) is 0 Å². The summed E-state index contributed by atoms with van der Waals surface area (Å²) in [6, 6.07) is 3.06. The Balaban J connectivity index is 1.09. The Hall–Kier alpha value is -3.42. The van der Waals surface area contributed by atoms with E-state index in [0.29, 0.717) is 41.6 Å². The second-order valence-electron chi connectivity index (χ2n) is 9.77. The fourth-order valence-electron chi connectivity index (χ4n) is 5.39. The first-order valence-corrected chi connectivity index (χ1v) is 11.7. The number of rotatable bonds is 7. The molecular weight excluding hydrogens is 486 g/mol. The van der Waals surface area contributed by atoms with Gasteiger partial charge >= 0.3 is 12.5 Å². The lowest BCUT2D eigenvalue weighted by molar-refractivity contribution is -0.330. The van der Waals surface area contributed by atoms with Crippen molar-refractivity contribution in [2.45, 2.75) is 68.8 Å². The fourth-order valence-corrected chi connectivity index (χ4v) is 5.39. The number of nitrogens with zero attached hydrogens (tertiary/aromatic N) is 4. The highest BCUT2D eigenvalue weighted by atomic mass is 19.4. The van der Waals surface area contributed by atoms with Crippen LogP contribution < -0.4 is 10.6 Å². The fraction of sp³-hybridized carbons (Fsp3) is 0.545. The van der Waals surface area contributed by atoms with Crippen LogP contribution in [0.25, 0.3) is 5.52 Å². The normalized spacial score (nSPS) is 29.0. The maximum Gasteiger partial charge on any atom is 0.522 e. The second-order valence-corrected chi connectivity index (χ2v) is 9.77. The molecule has 14 heteroatoms. The van der Waals surface area contributed by atoms with Crippen molar-refractivity contribution in [1.29, 1.82) is 0 Å². The first-order valence-electron chi connectivity index (χ1n) is 11.7. The molecule has 0 radical (unpaired) electrons. The molecule has 4 aliphatic carbocycles. The van der Waals surface area contributed by atoms with Crippen molar-refractivity contribution in [2.24, 2.45) is 5.92 Å². The summed E-state index contributed by atoms with van der Waals surface area (Å²) in [6.07, 6.45) is -0.820. The standard InChI is InChI=1S/C22H23F4N7O3/c23-18-13(1-2-16(18)36-20(34)29-21-7-11(8-21)9-21)14-6-17(31-30-14)28-19-15-5-12(10-35-22(24,25)26)32-33(15)4-3-27-19/h3-6,11,13,16,18H,1-2,7-10H2,(H,29,34)(H2,27,28,30,31)/t11?,13-,16-,18+,21?/m1/s1. The number of fused-ring (bicyclic) bond motifs is 1. The lowest BCUT2D eigenvalue weighted by Crippen LogP contribution is -2.68. The third-order valence-corrected chi connectivity index (χ3v) is 7.23. The second kappa shape index (κ2) is 8.32. The Labute approximate surface area is 201 Å². The van der Waals surface area contributed by atoms with Gasteiger partial charge in [-0.1, -0.05) is 0 Å². The van der Waals surface area contributed by atoms with Gasteiger partial charge in [0.1, 0.15) is 24.4 Å². The smallest absolute Gasteiger partial charge is 0.443 e. The zero-order valence-electron chi connectivity index (χ0n) is 18.9. The summed E-state index contributed by atoms with van der Waals surface area (Å²) in [4.78, 5) is 16.4. The number of carbonyl (C=O) groups is 1. The highest BCUT2D eigenvalue weighted by Crippen LogP contribution is 2.57. The van der Waals surface area contributed by atoms with Crippen molar-refractivity contribution < 1.29 is 31.8 Å². The lowest BCUT2D eigenvalue weighted by Gasteiger charge is -2.61. The van der Waals surface area contributed by atoms with Crippen LogP contribution in [0.4, 0.5) is 34.0 Å². The van der Waals surface area contributed by atoms with E-state index in [1.54, 1.807) is 6.07 Å². The van der Waals surface area contributed by atoms with Crippen molar-refractivity contribution in [1.82, 2.24) is 30.1 Å². The van der Waals surface area contributed by atoms with Gasteiger partial charge in [-0.2, -0.15) is 10.2 Å². The lowest BCUT2D eigenvalue weighted by atomic mass is 9.50. The highest BCUT2D eigenvalue weighted by Gasteiger charge is 2.58. The van der Waals surface area contributed by atoms with Crippen LogP contribution in [-0.2, 0) is 16.1 Å². The van der Waals surface area contributed by atoms with E-state index in [1.807, 2.05) is 0 Å². The van der Waals surface area contributed by atoms with E-state index in [2.05, 4.69) is 35.7 Å². The van der Waals surface area contributed by atoms with Gasteiger partial charge in [-0.3, -0.25) is 9.84 Å². The number of halogens is 4. The van der Waals surface area contributed by atoms with E-state index in [4.69, 9.17) is 4.74 Å². The number of carbonyl (C=O) groups excluding carboxylic acids is 1. The molecule has 2 bridgehead atoms. The zero-order valence-corrected chi connectivity index (χ0v) is 18.9. The predicted octanol–water partition coefficient (Wildman–Crippen LogP) is 4.10. The molecule has 3 atom stereocenters. The molecule has 0 saturated heterocycles. The van der Waals surface area contributed by atoms with Crippen molar-refractivity contribution >= 4 is 23.2 Å². The van der Waals surface area contributed by atoms with Gasteiger partial charge in [-0.25, -0.2) is 18.7 Å². The number of H-pyrrole nitrogens is 1. The van der Waals surface area contributed by atoms with E-state index in [1.165, 1.54) is 23.0 Å². The summed E-state index contributed by atoms with van der Waals surface area (Å²) >= 11 is 0. The minimum Gasteiger partial charge on any atom is -0.443 e. The summed E-state index contributed by atoms with van der Waals surface area (Å²) in [5.74, 6) is 0.833. The molecular formula is C22H23F4N7O3. The van der Waals surface area contributed by atoms with Crippen LogP contribution in [0.1, 0.15) is 49.4 Å². The SMILES string of the molecule is O=C(NC12CC(C1)C2)O[C@@H]1CC[C@H](c2cc(Nc3nccn4nc(COC(F)(F)F)cc34)n[nH]2)[C@@H]1F. The Morgan fingerprint density at radius 1 is 1.25 bits per heavy atom. The number of anilines is 2. The molecule has 192 valence electrons. The van der Waals surface area contributed by atoms with Crippen molar-refractivity contribution in [3.8, 4) is 0 Å². The van der Waals surface area contributed by atoms with Gasteiger partial charge in [0, 0.05) is 35.6 Å². The van der Waals surface area contributed by atoms with Crippen LogP contribution in [0.3, 0.4) is 0 Å². The molecule has 3 aromatic rings. The molecule has 3 N–H and O–H groups in total. The average Bonchev–Trinajstić information content (AvgIpc) is 3.48. The largest absolute Gasteiger partial charge is 0.522 e. The zero-order chi connectivity index (χ0) is 25.1. The number of alkyl halides is 4. The van der Waals surface area contributed by atoms with E-state index in [9.17, 15) is 18.0 Å². The van der Waals surface area contributed by atoms with Gasteiger partial charge in [-0.15, -0.1) is 13.2 Å². The third-order valence-electron chi connectivity index (χ3n) is 7.23. The minimum absolute atomic E-state index is 0.0708. The number of hydrogen-bond donors (Lipinski definition) is 3. The Morgan fingerprint density at radius 2 is 2.06 bits per heavy atom.